The van der Waals surface area contributed by atoms with E-state index >= 15 is 0 Å². The number of fused-ring (bicyclic) bond motifs is 2. The number of rotatable bonds is 2. The maximum atomic E-state index is 2.43. The zero-order valence-electron chi connectivity index (χ0n) is 13.6. The van der Waals surface area contributed by atoms with E-state index in [1.807, 2.05) is 0 Å². The zero-order valence-corrected chi connectivity index (χ0v) is 13.6. The lowest BCUT2D eigenvalue weighted by molar-refractivity contribution is 0.342. The minimum atomic E-state index is 0.750. The first-order chi connectivity index (χ1) is 8.92. The molecule has 0 aromatic carbocycles. The Balaban J connectivity index is 0.000000117. The second kappa shape index (κ2) is 4.37. The van der Waals surface area contributed by atoms with Gasteiger partial charge in [-0.3, -0.25) is 0 Å². The van der Waals surface area contributed by atoms with Crippen molar-refractivity contribution in [3.8, 4) is 0 Å². The molecule has 19 heavy (non-hydrogen) atoms. The Morgan fingerprint density at radius 2 is 1.68 bits per heavy atom. The molecule has 0 aromatic heterocycles. The maximum absolute atomic E-state index is 2.43. The minimum absolute atomic E-state index is 0.750. The van der Waals surface area contributed by atoms with Crippen molar-refractivity contribution in [2.75, 3.05) is 0 Å². The van der Waals surface area contributed by atoms with Crippen LogP contribution >= 0.6 is 0 Å². The molecule has 4 rings (SSSR count). The molecule has 0 radical (unpaired) electrons. The van der Waals surface area contributed by atoms with Crippen LogP contribution in [0.5, 0.6) is 0 Å². The van der Waals surface area contributed by atoms with Crippen LogP contribution in [0.4, 0.5) is 0 Å². The molecule has 4 aliphatic rings. The van der Waals surface area contributed by atoms with Gasteiger partial charge in [-0.1, -0.05) is 46.8 Å². The van der Waals surface area contributed by atoms with Gasteiger partial charge in [-0.2, -0.15) is 0 Å². The van der Waals surface area contributed by atoms with Crippen molar-refractivity contribution in [2.24, 2.45) is 40.4 Å². The summed E-state index contributed by atoms with van der Waals surface area (Å²) in [5.74, 6) is 4.98. The maximum Gasteiger partial charge on any atom is -0.0166 e. The summed E-state index contributed by atoms with van der Waals surface area (Å²) >= 11 is 0. The SMILES string of the molecule is CC(C)C12CC=CC1C2.CC1CCC2(C(C)C)CC12. The van der Waals surface area contributed by atoms with Gasteiger partial charge in [0, 0.05) is 0 Å². The fraction of sp³-hybridized carbons (Fsp3) is 0.895. The Labute approximate surface area is 120 Å². The second-order valence-electron chi connectivity index (χ2n) is 8.55. The van der Waals surface area contributed by atoms with Gasteiger partial charge in [-0.05, 0) is 72.5 Å². The van der Waals surface area contributed by atoms with Crippen molar-refractivity contribution in [2.45, 2.75) is 66.7 Å². The van der Waals surface area contributed by atoms with E-state index in [-0.39, 0.29) is 0 Å². The quantitative estimate of drug-likeness (QED) is 0.560. The monoisotopic (exact) mass is 260 g/mol. The third kappa shape index (κ3) is 2.01. The van der Waals surface area contributed by atoms with E-state index in [4.69, 9.17) is 0 Å². The standard InChI is InChI=1S/C10H18.C9H14/c1-7(2)10-5-4-8(3)9(10)6-10;1-7(2)9-5-3-4-8(9)6-9/h7-9H,4-6H2,1-3H3;3-4,7-8H,5-6H2,1-2H3. The van der Waals surface area contributed by atoms with E-state index in [0.717, 1.165) is 40.4 Å². The molecule has 108 valence electrons. The Bertz CT molecular complexity index is 377. The number of hydrogen-bond acceptors (Lipinski definition) is 0. The van der Waals surface area contributed by atoms with Gasteiger partial charge in [0.2, 0.25) is 0 Å². The van der Waals surface area contributed by atoms with Crippen LogP contribution in [-0.2, 0) is 0 Å². The summed E-state index contributed by atoms with van der Waals surface area (Å²) in [7, 11) is 0. The van der Waals surface area contributed by atoms with Crippen molar-refractivity contribution >= 4 is 0 Å². The summed E-state index contributed by atoms with van der Waals surface area (Å²) in [6.45, 7) is 11.9. The average molecular weight is 260 g/mol. The van der Waals surface area contributed by atoms with Crippen LogP contribution in [0.25, 0.3) is 0 Å². The highest BCUT2D eigenvalue weighted by atomic mass is 14.7. The molecule has 0 aliphatic heterocycles. The smallest absolute Gasteiger partial charge is 0.0166 e. The fourth-order valence-electron chi connectivity index (χ4n) is 5.25. The fourth-order valence-corrected chi connectivity index (χ4v) is 5.25. The van der Waals surface area contributed by atoms with Crippen LogP contribution in [0.3, 0.4) is 0 Å². The van der Waals surface area contributed by atoms with Gasteiger partial charge < -0.3 is 0 Å². The van der Waals surface area contributed by atoms with Gasteiger partial charge in [0.25, 0.3) is 0 Å². The van der Waals surface area contributed by atoms with E-state index in [2.05, 4.69) is 46.8 Å². The first-order valence-electron chi connectivity index (χ1n) is 8.59. The summed E-state index contributed by atoms with van der Waals surface area (Å²) < 4.78 is 0. The van der Waals surface area contributed by atoms with Crippen molar-refractivity contribution < 1.29 is 0 Å². The molecule has 0 bridgehead atoms. The van der Waals surface area contributed by atoms with E-state index in [1.54, 1.807) is 6.42 Å². The largest absolute Gasteiger partial charge is 0.0877 e. The third-order valence-electron chi connectivity index (χ3n) is 7.27. The van der Waals surface area contributed by atoms with Crippen molar-refractivity contribution in [3.63, 3.8) is 0 Å². The first-order valence-corrected chi connectivity index (χ1v) is 8.59. The van der Waals surface area contributed by atoms with Gasteiger partial charge in [-0.25, -0.2) is 0 Å². The summed E-state index contributed by atoms with van der Waals surface area (Å²) in [4.78, 5) is 0. The van der Waals surface area contributed by atoms with Gasteiger partial charge in [0.15, 0.2) is 0 Å². The van der Waals surface area contributed by atoms with Gasteiger partial charge >= 0.3 is 0 Å². The van der Waals surface area contributed by atoms with Crippen LogP contribution in [0.15, 0.2) is 12.2 Å². The van der Waals surface area contributed by atoms with Gasteiger partial charge in [-0.15, -0.1) is 0 Å². The molecular formula is C19H32. The lowest BCUT2D eigenvalue weighted by atomic mass is 9.90. The van der Waals surface area contributed by atoms with Gasteiger partial charge in [0.1, 0.15) is 0 Å². The van der Waals surface area contributed by atoms with Crippen LogP contribution in [-0.4, -0.2) is 0 Å². The van der Waals surface area contributed by atoms with Crippen LogP contribution in [0.2, 0.25) is 0 Å². The summed E-state index contributed by atoms with van der Waals surface area (Å²) in [6.07, 6.45) is 12.2. The van der Waals surface area contributed by atoms with Crippen molar-refractivity contribution in [1.29, 1.82) is 0 Å². The predicted molar refractivity (Wildman–Crippen MR) is 82.9 cm³/mol. The highest BCUT2D eigenvalue weighted by molar-refractivity contribution is 5.21. The molecule has 0 N–H and O–H groups in total. The highest BCUT2D eigenvalue weighted by Crippen LogP contribution is 2.69. The molecule has 0 saturated heterocycles. The second-order valence-corrected chi connectivity index (χ2v) is 8.55. The Kier molecular flexibility index (Phi) is 3.15. The highest BCUT2D eigenvalue weighted by Gasteiger charge is 2.61. The minimum Gasteiger partial charge on any atom is -0.0877 e. The van der Waals surface area contributed by atoms with Crippen LogP contribution < -0.4 is 0 Å². The lowest BCUT2D eigenvalue weighted by Crippen LogP contribution is -2.07. The van der Waals surface area contributed by atoms with E-state index in [9.17, 15) is 0 Å². The van der Waals surface area contributed by atoms with E-state index in [1.165, 1.54) is 25.7 Å². The third-order valence-corrected chi connectivity index (χ3v) is 7.27. The molecule has 0 spiro atoms. The molecule has 4 aliphatic carbocycles. The Hall–Kier alpha value is -0.260. The summed E-state index contributed by atoms with van der Waals surface area (Å²) in [5, 5.41) is 0. The summed E-state index contributed by atoms with van der Waals surface area (Å²) in [6, 6.07) is 0. The molecule has 5 unspecified atom stereocenters. The van der Waals surface area contributed by atoms with E-state index < -0.39 is 0 Å². The first kappa shape index (κ1) is 13.7. The van der Waals surface area contributed by atoms with Crippen molar-refractivity contribution in [1.82, 2.24) is 0 Å². The normalized spacial score (nSPS) is 48.9. The number of hydrogen-bond donors (Lipinski definition) is 0. The molecule has 3 saturated carbocycles. The molecule has 0 amide bonds. The molecule has 0 nitrogen and oxygen atoms in total. The average Bonchev–Trinajstić information content (AvgIpc) is 3.21. The zero-order chi connectivity index (χ0) is 13.8. The molecule has 0 heteroatoms. The molecule has 3 fully saturated rings. The predicted octanol–water partition coefficient (Wildman–Crippen LogP) is 5.69. The molecule has 0 heterocycles. The van der Waals surface area contributed by atoms with Crippen LogP contribution in [0, 0.1) is 40.4 Å². The lowest BCUT2D eigenvalue weighted by Gasteiger charge is -2.15. The van der Waals surface area contributed by atoms with Gasteiger partial charge in [0.05, 0.1) is 0 Å². The Morgan fingerprint density at radius 3 is 1.89 bits per heavy atom. The number of allylic oxidation sites excluding steroid dienone is 2. The van der Waals surface area contributed by atoms with Crippen LogP contribution in [0.1, 0.15) is 66.7 Å². The molecule has 0 aromatic rings. The van der Waals surface area contributed by atoms with E-state index in [0.29, 0.717) is 0 Å². The molecular weight excluding hydrogens is 228 g/mol. The summed E-state index contributed by atoms with van der Waals surface area (Å²) in [5.41, 5.74) is 1.58. The molecule has 5 atom stereocenters. The Morgan fingerprint density at radius 1 is 1.00 bits per heavy atom. The van der Waals surface area contributed by atoms with Crippen molar-refractivity contribution in [3.05, 3.63) is 12.2 Å². The topological polar surface area (TPSA) is 0 Å².